The predicted molar refractivity (Wildman–Crippen MR) is 67.1 cm³/mol. The molecule has 0 atom stereocenters. The molecular formula is C13H14N4O2. The van der Waals surface area contributed by atoms with Crippen LogP contribution in [0.1, 0.15) is 27.4 Å². The minimum Gasteiger partial charge on any atom is -0.359 e. The number of amides is 1. The van der Waals surface area contributed by atoms with E-state index in [1.54, 1.807) is 29.4 Å². The summed E-state index contributed by atoms with van der Waals surface area (Å²) in [4.78, 5) is 18.1. The zero-order chi connectivity index (χ0) is 13.2. The Morgan fingerprint density at radius 3 is 3.16 bits per heavy atom. The Morgan fingerprint density at radius 1 is 1.53 bits per heavy atom. The molecule has 2 aromatic rings. The number of fused-ring (bicyclic) bond motifs is 1. The standard InChI is InChI=1S/C13H14N4O2/c14-6-12-10-8-17(5-3-11(10)16-19-12)13(18)9-2-1-4-15-7-9/h1-2,4,7H,3,5-6,8,14H2. The number of carbonyl (C=O) groups is 1. The molecule has 0 fully saturated rings. The van der Waals surface area contributed by atoms with Crippen LogP contribution in [0.25, 0.3) is 0 Å². The molecule has 0 bridgehead atoms. The fourth-order valence-corrected chi connectivity index (χ4v) is 2.27. The summed E-state index contributed by atoms with van der Waals surface area (Å²) in [6.45, 7) is 1.44. The van der Waals surface area contributed by atoms with Crippen molar-refractivity contribution < 1.29 is 9.32 Å². The quantitative estimate of drug-likeness (QED) is 0.858. The largest absolute Gasteiger partial charge is 0.359 e. The summed E-state index contributed by atoms with van der Waals surface area (Å²) in [5.41, 5.74) is 8.06. The highest BCUT2D eigenvalue weighted by molar-refractivity contribution is 5.94. The molecule has 1 amide bonds. The Bertz CT molecular complexity index is 580. The van der Waals surface area contributed by atoms with Crippen LogP contribution < -0.4 is 5.73 Å². The van der Waals surface area contributed by atoms with E-state index in [1.807, 2.05) is 0 Å². The summed E-state index contributed by atoms with van der Waals surface area (Å²) in [6, 6.07) is 3.52. The molecule has 2 N–H and O–H groups in total. The third-order valence-electron chi connectivity index (χ3n) is 3.30. The van der Waals surface area contributed by atoms with Crippen LogP contribution in [0.4, 0.5) is 0 Å². The number of carbonyl (C=O) groups excluding carboxylic acids is 1. The van der Waals surface area contributed by atoms with Gasteiger partial charge in [-0.1, -0.05) is 5.16 Å². The Balaban J connectivity index is 1.84. The number of pyridine rings is 1. The lowest BCUT2D eigenvalue weighted by molar-refractivity contribution is 0.0733. The third-order valence-corrected chi connectivity index (χ3v) is 3.30. The van der Waals surface area contributed by atoms with Crippen molar-refractivity contribution in [1.29, 1.82) is 0 Å². The molecule has 0 radical (unpaired) electrons. The van der Waals surface area contributed by atoms with E-state index >= 15 is 0 Å². The highest BCUT2D eigenvalue weighted by Crippen LogP contribution is 2.22. The van der Waals surface area contributed by atoms with Gasteiger partial charge in [-0.2, -0.15) is 0 Å². The van der Waals surface area contributed by atoms with Gasteiger partial charge in [-0.3, -0.25) is 9.78 Å². The van der Waals surface area contributed by atoms with Crippen LogP contribution in [0.2, 0.25) is 0 Å². The molecule has 1 aliphatic heterocycles. The van der Waals surface area contributed by atoms with Crippen molar-refractivity contribution in [2.24, 2.45) is 5.73 Å². The second-order valence-electron chi connectivity index (χ2n) is 4.45. The van der Waals surface area contributed by atoms with Crippen LogP contribution in [0.3, 0.4) is 0 Å². The minimum absolute atomic E-state index is 0.0251. The number of hydrogen-bond donors (Lipinski definition) is 1. The van der Waals surface area contributed by atoms with Gasteiger partial charge in [0.05, 0.1) is 24.3 Å². The van der Waals surface area contributed by atoms with Gasteiger partial charge in [0.15, 0.2) is 5.76 Å². The molecule has 3 rings (SSSR count). The van der Waals surface area contributed by atoms with E-state index in [0.29, 0.717) is 37.4 Å². The van der Waals surface area contributed by atoms with Crippen LogP contribution in [-0.2, 0) is 19.5 Å². The normalized spacial score (nSPS) is 14.3. The molecule has 1 aliphatic rings. The maximum absolute atomic E-state index is 12.3. The monoisotopic (exact) mass is 258 g/mol. The molecule has 3 heterocycles. The molecule has 2 aromatic heterocycles. The smallest absolute Gasteiger partial charge is 0.255 e. The maximum atomic E-state index is 12.3. The van der Waals surface area contributed by atoms with E-state index < -0.39 is 0 Å². The summed E-state index contributed by atoms with van der Waals surface area (Å²) >= 11 is 0. The molecule has 0 unspecified atom stereocenters. The number of nitrogens with two attached hydrogens (primary N) is 1. The van der Waals surface area contributed by atoms with Gasteiger partial charge in [-0.25, -0.2) is 0 Å². The molecule has 6 heteroatoms. The van der Waals surface area contributed by atoms with Crippen molar-refractivity contribution in [1.82, 2.24) is 15.0 Å². The molecule has 0 spiro atoms. The third kappa shape index (κ3) is 2.10. The topological polar surface area (TPSA) is 85.2 Å². The second kappa shape index (κ2) is 4.81. The molecule has 0 aromatic carbocycles. The van der Waals surface area contributed by atoms with E-state index in [4.69, 9.17) is 10.3 Å². The van der Waals surface area contributed by atoms with E-state index in [-0.39, 0.29) is 5.91 Å². The van der Waals surface area contributed by atoms with E-state index in [1.165, 1.54) is 0 Å². The van der Waals surface area contributed by atoms with Crippen LogP contribution in [0.15, 0.2) is 29.0 Å². The van der Waals surface area contributed by atoms with Gasteiger partial charge in [-0.15, -0.1) is 0 Å². The van der Waals surface area contributed by atoms with E-state index in [2.05, 4.69) is 10.1 Å². The van der Waals surface area contributed by atoms with E-state index in [9.17, 15) is 4.79 Å². The van der Waals surface area contributed by atoms with Crippen LogP contribution >= 0.6 is 0 Å². The molecule has 98 valence electrons. The van der Waals surface area contributed by atoms with Gasteiger partial charge in [0.25, 0.3) is 5.91 Å². The zero-order valence-electron chi connectivity index (χ0n) is 10.4. The fourth-order valence-electron chi connectivity index (χ4n) is 2.27. The number of nitrogens with zero attached hydrogens (tertiary/aromatic N) is 3. The van der Waals surface area contributed by atoms with E-state index in [0.717, 1.165) is 11.3 Å². The molecule has 6 nitrogen and oxygen atoms in total. The van der Waals surface area contributed by atoms with Gasteiger partial charge in [-0.05, 0) is 12.1 Å². The first-order valence-corrected chi connectivity index (χ1v) is 6.15. The van der Waals surface area contributed by atoms with Crippen molar-refractivity contribution in [2.45, 2.75) is 19.5 Å². The van der Waals surface area contributed by atoms with Crippen molar-refractivity contribution in [3.8, 4) is 0 Å². The SMILES string of the molecule is NCc1onc2c1CN(C(=O)c1cccnc1)CC2. The number of hydrogen-bond acceptors (Lipinski definition) is 5. The van der Waals surface area contributed by atoms with Crippen molar-refractivity contribution in [2.75, 3.05) is 6.54 Å². The molecule has 19 heavy (non-hydrogen) atoms. The van der Waals surface area contributed by atoms with Crippen molar-refractivity contribution in [3.05, 3.63) is 47.1 Å². The summed E-state index contributed by atoms with van der Waals surface area (Å²) in [5.74, 6) is 0.640. The lowest BCUT2D eigenvalue weighted by Gasteiger charge is -2.26. The van der Waals surface area contributed by atoms with Gasteiger partial charge in [0, 0.05) is 30.9 Å². The summed E-state index contributed by atoms with van der Waals surface area (Å²) < 4.78 is 5.18. The van der Waals surface area contributed by atoms with Crippen LogP contribution in [0, 0.1) is 0 Å². The van der Waals surface area contributed by atoms with Gasteiger partial charge in [0.2, 0.25) is 0 Å². The number of rotatable bonds is 2. The fraction of sp³-hybridized carbons (Fsp3) is 0.308. The molecule has 0 aliphatic carbocycles. The van der Waals surface area contributed by atoms with Crippen LogP contribution in [-0.4, -0.2) is 27.5 Å². The second-order valence-corrected chi connectivity index (χ2v) is 4.45. The highest BCUT2D eigenvalue weighted by Gasteiger charge is 2.26. The minimum atomic E-state index is -0.0251. The highest BCUT2D eigenvalue weighted by atomic mass is 16.5. The summed E-state index contributed by atoms with van der Waals surface area (Å²) in [7, 11) is 0. The Labute approximate surface area is 110 Å². The first-order chi connectivity index (χ1) is 9.29. The van der Waals surface area contributed by atoms with Gasteiger partial charge in [0.1, 0.15) is 0 Å². The Hall–Kier alpha value is -2.21. The molecule has 0 saturated carbocycles. The zero-order valence-corrected chi connectivity index (χ0v) is 10.4. The van der Waals surface area contributed by atoms with Crippen LogP contribution in [0.5, 0.6) is 0 Å². The summed E-state index contributed by atoms with van der Waals surface area (Å²) in [5, 5.41) is 3.99. The Morgan fingerprint density at radius 2 is 2.42 bits per heavy atom. The lowest BCUT2D eigenvalue weighted by Crippen LogP contribution is -2.36. The average Bonchev–Trinajstić information content (AvgIpc) is 2.89. The average molecular weight is 258 g/mol. The van der Waals surface area contributed by atoms with Gasteiger partial charge >= 0.3 is 0 Å². The van der Waals surface area contributed by atoms with Crippen molar-refractivity contribution in [3.63, 3.8) is 0 Å². The van der Waals surface area contributed by atoms with Crippen molar-refractivity contribution >= 4 is 5.91 Å². The molecular weight excluding hydrogens is 244 g/mol. The van der Waals surface area contributed by atoms with Gasteiger partial charge < -0.3 is 15.2 Å². The number of aromatic nitrogens is 2. The Kier molecular flexibility index (Phi) is 3.00. The first-order valence-electron chi connectivity index (χ1n) is 6.15. The first kappa shape index (κ1) is 11.9. The molecule has 0 saturated heterocycles. The maximum Gasteiger partial charge on any atom is 0.255 e. The summed E-state index contributed by atoms with van der Waals surface area (Å²) in [6.07, 6.45) is 3.93. The lowest BCUT2D eigenvalue weighted by atomic mass is 10.0. The predicted octanol–water partition coefficient (Wildman–Crippen LogP) is 0.727.